The zero-order valence-electron chi connectivity index (χ0n) is 10.7. The second kappa shape index (κ2) is 5.07. The fourth-order valence-electron chi connectivity index (χ4n) is 2.73. The number of nitrogens with one attached hydrogen (secondary N) is 1. The Labute approximate surface area is 103 Å². The summed E-state index contributed by atoms with van der Waals surface area (Å²) in [7, 11) is 0. The Morgan fingerprint density at radius 2 is 2.06 bits per heavy atom. The lowest BCUT2D eigenvalue weighted by Crippen LogP contribution is -2.61. The molecule has 0 aromatic carbocycles. The maximum absolute atomic E-state index is 12.0. The highest BCUT2D eigenvalue weighted by Gasteiger charge is 2.38. The van der Waals surface area contributed by atoms with Crippen molar-refractivity contribution in [3.05, 3.63) is 0 Å². The number of carbonyl (C=O) groups excluding carboxylic acids is 2. The Kier molecular flexibility index (Phi) is 3.69. The fraction of sp³-hybridized carbons (Fsp3) is 0.846. The average Bonchev–Trinajstić information content (AvgIpc) is 3.13. The molecule has 1 aliphatic carbocycles. The molecule has 2 rings (SSSR count). The van der Waals surface area contributed by atoms with Crippen molar-refractivity contribution in [2.45, 2.75) is 58.0 Å². The molecule has 1 aliphatic heterocycles. The Morgan fingerprint density at radius 3 is 2.59 bits per heavy atom. The Morgan fingerprint density at radius 1 is 1.35 bits per heavy atom. The molecule has 0 bridgehead atoms. The molecular formula is C13H22N2O2. The first-order chi connectivity index (χ1) is 8.17. The first kappa shape index (κ1) is 12.4. The van der Waals surface area contributed by atoms with Crippen LogP contribution >= 0.6 is 0 Å². The molecule has 1 N–H and O–H groups in total. The molecule has 2 atom stereocenters. The van der Waals surface area contributed by atoms with E-state index >= 15 is 0 Å². The van der Waals surface area contributed by atoms with Crippen molar-refractivity contribution in [1.82, 2.24) is 10.2 Å². The van der Waals surface area contributed by atoms with Crippen molar-refractivity contribution >= 4 is 11.8 Å². The Balaban J connectivity index is 2.11. The molecule has 2 aliphatic rings. The molecule has 17 heavy (non-hydrogen) atoms. The number of carbonyl (C=O) groups is 2. The zero-order valence-corrected chi connectivity index (χ0v) is 10.7. The summed E-state index contributed by atoms with van der Waals surface area (Å²) in [5.41, 5.74) is 0. The SMILES string of the molecule is CCC(CC1CC1)N1C(=O)CNC(=O)C1CC. The largest absolute Gasteiger partial charge is 0.345 e. The second-order valence-electron chi connectivity index (χ2n) is 5.18. The monoisotopic (exact) mass is 238 g/mol. The summed E-state index contributed by atoms with van der Waals surface area (Å²) in [5.74, 6) is 0.889. The normalized spacial score (nSPS) is 26.9. The van der Waals surface area contributed by atoms with E-state index in [2.05, 4.69) is 12.2 Å². The number of nitrogens with zero attached hydrogens (tertiary/aromatic N) is 1. The van der Waals surface area contributed by atoms with E-state index in [-0.39, 0.29) is 30.4 Å². The maximum atomic E-state index is 12.0. The molecule has 2 unspecified atom stereocenters. The van der Waals surface area contributed by atoms with Gasteiger partial charge in [-0.2, -0.15) is 0 Å². The van der Waals surface area contributed by atoms with Gasteiger partial charge >= 0.3 is 0 Å². The maximum Gasteiger partial charge on any atom is 0.243 e. The van der Waals surface area contributed by atoms with E-state index in [1.165, 1.54) is 12.8 Å². The van der Waals surface area contributed by atoms with Crippen LogP contribution in [0, 0.1) is 5.92 Å². The minimum Gasteiger partial charge on any atom is -0.345 e. The van der Waals surface area contributed by atoms with Gasteiger partial charge in [-0.15, -0.1) is 0 Å². The summed E-state index contributed by atoms with van der Waals surface area (Å²) in [5, 5.41) is 2.68. The van der Waals surface area contributed by atoms with Crippen molar-refractivity contribution in [3.8, 4) is 0 Å². The first-order valence-electron chi connectivity index (χ1n) is 6.76. The van der Waals surface area contributed by atoms with Crippen LogP contribution in [-0.2, 0) is 9.59 Å². The smallest absolute Gasteiger partial charge is 0.243 e. The summed E-state index contributed by atoms with van der Waals surface area (Å²) < 4.78 is 0. The Hall–Kier alpha value is -1.06. The van der Waals surface area contributed by atoms with Crippen LogP contribution in [-0.4, -0.2) is 35.3 Å². The minimum atomic E-state index is -0.250. The Bertz CT molecular complexity index is 313. The van der Waals surface area contributed by atoms with E-state index in [0.29, 0.717) is 6.42 Å². The van der Waals surface area contributed by atoms with E-state index in [9.17, 15) is 9.59 Å². The van der Waals surface area contributed by atoms with Crippen molar-refractivity contribution in [2.24, 2.45) is 5.92 Å². The lowest BCUT2D eigenvalue weighted by molar-refractivity contribution is -0.148. The van der Waals surface area contributed by atoms with Crippen molar-refractivity contribution in [2.75, 3.05) is 6.54 Å². The van der Waals surface area contributed by atoms with Crippen LogP contribution in [0.3, 0.4) is 0 Å². The van der Waals surface area contributed by atoms with Crippen LogP contribution < -0.4 is 5.32 Å². The standard InChI is InChI=1S/C13H22N2O2/c1-3-10(7-9-5-6-9)15-11(4-2)13(17)14-8-12(15)16/h9-11H,3-8H2,1-2H3,(H,14,17). The molecule has 0 spiro atoms. The molecule has 96 valence electrons. The van der Waals surface area contributed by atoms with Gasteiger partial charge in [-0.3, -0.25) is 9.59 Å². The van der Waals surface area contributed by atoms with Crippen LogP contribution in [0.4, 0.5) is 0 Å². The van der Waals surface area contributed by atoms with E-state index in [1.54, 1.807) is 0 Å². The van der Waals surface area contributed by atoms with Gasteiger partial charge in [0.1, 0.15) is 6.04 Å². The molecule has 0 radical (unpaired) electrons. The molecule has 0 aromatic heterocycles. The molecule has 1 saturated heterocycles. The summed E-state index contributed by atoms with van der Waals surface area (Å²) in [6.45, 7) is 4.26. The van der Waals surface area contributed by atoms with Crippen LogP contribution in [0.5, 0.6) is 0 Å². The molecule has 4 nitrogen and oxygen atoms in total. The van der Waals surface area contributed by atoms with Crippen molar-refractivity contribution in [3.63, 3.8) is 0 Å². The van der Waals surface area contributed by atoms with Crippen LogP contribution in [0.15, 0.2) is 0 Å². The minimum absolute atomic E-state index is 0.0151. The van der Waals surface area contributed by atoms with Crippen molar-refractivity contribution < 1.29 is 9.59 Å². The highest BCUT2D eigenvalue weighted by Crippen LogP contribution is 2.36. The third kappa shape index (κ3) is 2.61. The number of hydrogen-bond donors (Lipinski definition) is 1. The molecule has 2 amide bonds. The van der Waals surface area contributed by atoms with Crippen LogP contribution in [0.2, 0.25) is 0 Å². The fourth-order valence-corrected chi connectivity index (χ4v) is 2.73. The van der Waals surface area contributed by atoms with Gasteiger partial charge in [0, 0.05) is 6.04 Å². The van der Waals surface area contributed by atoms with Gasteiger partial charge in [-0.25, -0.2) is 0 Å². The van der Waals surface area contributed by atoms with E-state index in [4.69, 9.17) is 0 Å². The number of amides is 2. The van der Waals surface area contributed by atoms with Crippen LogP contribution in [0.25, 0.3) is 0 Å². The third-order valence-electron chi connectivity index (χ3n) is 3.89. The molecule has 2 fully saturated rings. The third-order valence-corrected chi connectivity index (χ3v) is 3.89. The van der Waals surface area contributed by atoms with Crippen LogP contribution in [0.1, 0.15) is 46.0 Å². The average molecular weight is 238 g/mol. The van der Waals surface area contributed by atoms with E-state index in [0.717, 1.165) is 18.8 Å². The predicted octanol–water partition coefficient (Wildman–Crippen LogP) is 1.30. The van der Waals surface area contributed by atoms with Gasteiger partial charge in [-0.05, 0) is 25.2 Å². The lowest BCUT2D eigenvalue weighted by atomic mass is 10.00. The summed E-state index contributed by atoms with van der Waals surface area (Å²) in [6.07, 6.45) is 5.32. The summed E-state index contributed by atoms with van der Waals surface area (Å²) in [6, 6.07) is 0.00551. The number of piperazine rings is 1. The molecule has 1 saturated carbocycles. The van der Waals surface area contributed by atoms with Gasteiger partial charge in [0.2, 0.25) is 11.8 Å². The number of hydrogen-bond acceptors (Lipinski definition) is 2. The first-order valence-corrected chi connectivity index (χ1v) is 6.76. The quantitative estimate of drug-likeness (QED) is 0.785. The topological polar surface area (TPSA) is 49.4 Å². The molecule has 4 heteroatoms. The highest BCUT2D eigenvalue weighted by atomic mass is 16.2. The van der Waals surface area contributed by atoms with Gasteiger partial charge in [0.15, 0.2) is 0 Å². The van der Waals surface area contributed by atoms with E-state index in [1.807, 2.05) is 11.8 Å². The summed E-state index contributed by atoms with van der Waals surface area (Å²) >= 11 is 0. The zero-order chi connectivity index (χ0) is 12.4. The van der Waals surface area contributed by atoms with E-state index < -0.39 is 0 Å². The van der Waals surface area contributed by atoms with Gasteiger partial charge in [0.25, 0.3) is 0 Å². The van der Waals surface area contributed by atoms with Gasteiger partial charge < -0.3 is 10.2 Å². The molecular weight excluding hydrogens is 216 g/mol. The second-order valence-corrected chi connectivity index (χ2v) is 5.18. The highest BCUT2D eigenvalue weighted by molar-refractivity contribution is 5.94. The predicted molar refractivity (Wildman–Crippen MR) is 65.4 cm³/mol. The molecule has 1 heterocycles. The van der Waals surface area contributed by atoms with Gasteiger partial charge in [0.05, 0.1) is 6.54 Å². The van der Waals surface area contributed by atoms with Crippen molar-refractivity contribution in [1.29, 1.82) is 0 Å². The summed E-state index contributed by atoms with van der Waals surface area (Å²) in [4.78, 5) is 25.7. The molecule has 0 aromatic rings. The van der Waals surface area contributed by atoms with Gasteiger partial charge in [-0.1, -0.05) is 26.7 Å². The number of rotatable bonds is 5. The lowest BCUT2D eigenvalue weighted by Gasteiger charge is -2.40.